The van der Waals surface area contributed by atoms with E-state index in [0.717, 1.165) is 6.42 Å². The summed E-state index contributed by atoms with van der Waals surface area (Å²) in [6.45, 7) is 10.9. The summed E-state index contributed by atoms with van der Waals surface area (Å²) < 4.78 is 5.11. The quantitative estimate of drug-likeness (QED) is 0.711. The van der Waals surface area contributed by atoms with Gasteiger partial charge in [-0.15, -0.1) is 6.58 Å². The number of carbonyl (C=O) groups excluding carboxylic acids is 1. The minimum atomic E-state index is -0.743. The molecule has 94 valence electrons. The SMILES string of the molecule is C=C[C@H](O)[C@@H](CCC)NC(=O)OC(C)(C)C. The molecule has 0 aliphatic heterocycles. The number of ether oxygens (including phenoxy) is 1. The van der Waals surface area contributed by atoms with Gasteiger partial charge in [0.25, 0.3) is 0 Å². The van der Waals surface area contributed by atoms with Gasteiger partial charge in [-0.05, 0) is 27.2 Å². The molecule has 0 aromatic rings. The van der Waals surface area contributed by atoms with Gasteiger partial charge in [0, 0.05) is 0 Å². The molecule has 0 fully saturated rings. The van der Waals surface area contributed by atoms with Crippen molar-refractivity contribution in [3.05, 3.63) is 12.7 Å². The Balaban J connectivity index is 4.28. The third-order valence-electron chi connectivity index (χ3n) is 1.96. The number of aliphatic hydroxyl groups is 1. The van der Waals surface area contributed by atoms with E-state index < -0.39 is 17.8 Å². The number of hydrogen-bond acceptors (Lipinski definition) is 3. The van der Waals surface area contributed by atoms with Crippen LogP contribution in [0, 0.1) is 0 Å². The summed E-state index contributed by atoms with van der Waals surface area (Å²) in [5.41, 5.74) is -0.528. The predicted molar refractivity (Wildman–Crippen MR) is 64.3 cm³/mol. The molecule has 0 saturated carbocycles. The van der Waals surface area contributed by atoms with E-state index in [4.69, 9.17) is 4.74 Å². The number of hydrogen-bond donors (Lipinski definition) is 2. The Morgan fingerprint density at radius 2 is 2.12 bits per heavy atom. The molecule has 2 atom stereocenters. The second-order valence-electron chi connectivity index (χ2n) is 4.77. The number of alkyl carbamates (subject to hydrolysis) is 1. The van der Waals surface area contributed by atoms with E-state index in [0.29, 0.717) is 6.42 Å². The molecule has 4 nitrogen and oxygen atoms in total. The first-order valence-corrected chi connectivity index (χ1v) is 5.60. The first kappa shape index (κ1) is 15.0. The van der Waals surface area contributed by atoms with Crippen molar-refractivity contribution in [3.8, 4) is 0 Å². The van der Waals surface area contributed by atoms with Gasteiger partial charge in [0.15, 0.2) is 0 Å². The molecule has 0 spiro atoms. The second kappa shape index (κ2) is 6.53. The Morgan fingerprint density at radius 3 is 2.50 bits per heavy atom. The van der Waals surface area contributed by atoms with Gasteiger partial charge >= 0.3 is 6.09 Å². The molecule has 0 saturated heterocycles. The van der Waals surface area contributed by atoms with Crippen molar-refractivity contribution in [1.29, 1.82) is 0 Å². The third-order valence-corrected chi connectivity index (χ3v) is 1.96. The summed E-state index contributed by atoms with van der Waals surface area (Å²) in [7, 11) is 0. The van der Waals surface area contributed by atoms with E-state index in [1.54, 1.807) is 20.8 Å². The van der Waals surface area contributed by atoms with Gasteiger partial charge in [0.2, 0.25) is 0 Å². The van der Waals surface area contributed by atoms with Gasteiger partial charge in [-0.3, -0.25) is 0 Å². The van der Waals surface area contributed by atoms with Crippen LogP contribution in [0.4, 0.5) is 4.79 Å². The lowest BCUT2D eigenvalue weighted by atomic mass is 10.1. The summed E-state index contributed by atoms with van der Waals surface area (Å²) in [5, 5.41) is 12.3. The second-order valence-corrected chi connectivity index (χ2v) is 4.77. The molecule has 0 unspecified atom stereocenters. The Labute approximate surface area is 97.7 Å². The van der Waals surface area contributed by atoms with E-state index >= 15 is 0 Å². The third kappa shape index (κ3) is 6.45. The maximum absolute atomic E-state index is 11.5. The molecule has 0 aromatic heterocycles. The summed E-state index contributed by atoms with van der Waals surface area (Å²) >= 11 is 0. The van der Waals surface area contributed by atoms with Crippen LogP contribution >= 0.6 is 0 Å². The molecule has 0 radical (unpaired) electrons. The zero-order valence-corrected chi connectivity index (χ0v) is 10.6. The molecule has 2 N–H and O–H groups in total. The van der Waals surface area contributed by atoms with Crippen LogP contribution in [0.15, 0.2) is 12.7 Å². The highest BCUT2D eigenvalue weighted by molar-refractivity contribution is 5.68. The molecular weight excluding hydrogens is 206 g/mol. The Bertz CT molecular complexity index is 233. The minimum Gasteiger partial charge on any atom is -0.444 e. The molecule has 4 heteroatoms. The fourth-order valence-electron chi connectivity index (χ4n) is 1.26. The lowest BCUT2D eigenvalue weighted by Gasteiger charge is -2.25. The molecule has 1 amide bonds. The van der Waals surface area contributed by atoms with Crippen molar-refractivity contribution in [3.63, 3.8) is 0 Å². The highest BCUT2D eigenvalue weighted by Crippen LogP contribution is 2.09. The lowest BCUT2D eigenvalue weighted by Crippen LogP contribution is -2.44. The molecule has 0 aliphatic carbocycles. The molecule has 0 aromatic carbocycles. The Morgan fingerprint density at radius 1 is 1.56 bits per heavy atom. The van der Waals surface area contributed by atoms with E-state index in [1.807, 2.05) is 6.92 Å². The zero-order valence-electron chi connectivity index (χ0n) is 10.6. The topological polar surface area (TPSA) is 58.6 Å². The van der Waals surface area contributed by atoms with Gasteiger partial charge in [0.05, 0.1) is 12.1 Å². The van der Waals surface area contributed by atoms with Gasteiger partial charge < -0.3 is 15.2 Å². The first-order chi connectivity index (χ1) is 7.30. The number of nitrogens with one attached hydrogen (secondary N) is 1. The highest BCUT2D eigenvalue weighted by atomic mass is 16.6. The highest BCUT2D eigenvalue weighted by Gasteiger charge is 2.22. The number of aliphatic hydroxyl groups excluding tert-OH is 1. The summed E-state index contributed by atoms with van der Waals surface area (Å²) in [6, 6.07) is -0.336. The van der Waals surface area contributed by atoms with Gasteiger partial charge in [-0.25, -0.2) is 4.79 Å². The predicted octanol–water partition coefficient (Wildman–Crippen LogP) is 2.23. The van der Waals surface area contributed by atoms with Gasteiger partial charge in [-0.1, -0.05) is 19.4 Å². The summed E-state index contributed by atoms with van der Waals surface area (Å²) in [4.78, 5) is 11.5. The van der Waals surface area contributed by atoms with Crippen LogP contribution in [-0.4, -0.2) is 28.9 Å². The van der Waals surface area contributed by atoms with Crippen molar-refractivity contribution >= 4 is 6.09 Å². The first-order valence-electron chi connectivity index (χ1n) is 5.60. The molecule has 0 heterocycles. The maximum atomic E-state index is 11.5. The Hall–Kier alpha value is -1.03. The monoisotopic (exact) mass is 229 g/mol. The molecule has 0 rings (SSSR count). The molecular formula is C12H23NO3. The smallest absolute Gasteiger partial charge is 0.407 e. The fraction of sp³-hybridized carbons (Fsp3) is 0.750. The fourth-order valence-corrected chi connectivity index (χ4v) is 1.26. The number of amides is 1. The minimum absolute atomic E-state index is 0.336. The van der Waals surface area contributed by atoms with Crippen molar-refractivity contribution < 1.29 is 14.6 Å². The number of carbonyl (C=O) groups is 1. The Kier molecular flexibility index (Phi) is 6.11. The largest absolute Gasteiger partial charge is 0.444 e. The zero-order chi connectivity index (χ0) is 12.8. The van der Waals surface area contributed by atoms with Crippen LogP contribution in [0.3, 0.4) is 0 Å². The van der Waals surface area contributed by atoms with Crippen LogP contribution in [-0.2, 0) is 4.74 Å². The average molecular weight is 229 g/mol. The van der Waals surface area contributed by atoms with Crippen LogP contribution in [0.5, 0.6) is 0 Å². The number of rotatable bonds is 5. The van der Waals surface area contributed by atoms with E-state index in [-0.39, 0.29) is 6.04 Å². The van der Waals surface area contributed by atoms with Crippen LogP contribution in [0.2, 0.25) is 0 Å². The van der Waals surface area contributed by atoms with Crippen LogP contribution < -0.4 is 5.32 Å². The van der Waals surface area contributed by atoms with Crippen molar-refractivity contribution in [2.45, 2.75) is 58.3 Å². The summed E-state index contributed by atoms with van der Waals surface area (Å²) in [6.07, 6.45) is 1.72. The van der Waals surface area contributed by atoms with E-state index in [9.17, 15) is 9.90 Å². The lowest BCUT2D eigenvalue weighted by molar-refractivity contribution is 0.0449. The van der Waals surface area contributed by atoms with E-state index in [1.165, 1.54) is 6.08 Å². The van der Waals surface area contributed by atoms with Crippen molar-refractivity contribution in [1.82, 2.24) is 5.32 Å². The van der Waals surface area contributed by atoms with E-state index in [2.05, 4.69) is 11.9 Å². The standard InChI is InChI=1S/C12H23NO3/c1-6-8-9(10(14)7-2)13-11(15)16-12(3,4)5/h7,9-10,14H,2,6,8H2,1,3-5H3,(H,13,15)/t9-,10+/m1/s1. The molecule has 0 aliphatic rings. The van der Waals surface area contributed by atoms with Crippen LogP contribution in [0.25, 0.3) is 0 Å². The molecule has 16 heavy (non-hydrogen) atoms. The van der Waals surface area contributed by atoms with Gasteiger partial charge in [0.1, 0.15) is 5.60 Å². The maximum Gasteiger partial charge on any atom is 0.407 e. The van der Waals surface area contributed by atoms with Crippen LogP contribution in [0.1, 0.15) is 40.5 Å². The average Bonchev–Trinajstić information content (AvgIpc) is 2.13. The van der Waals surface area contributed by atoms with Crippen molar-refractivity contribution in [2.24, 2.45) is 0 Å². The van der Waals surface area contributed by atoms with Gasteiger partial charge in [-0.2, -0.15) is 0 Å². The van der Waals surface area contributed by atoms with Crippen molar-refractivity contribution in [2.75, 3.05) is 0 Å². The summed E-state index contributed by atoms with van der Waals surface area (Å²) in [5.74, 6) is 0. The normalized spacial score (nSPS) is 15.1. The molecule has 0 bridgehead atoms.